The van der Waals surface area contributed by atoms with E-state index in [-0.39, 0.29) is 0 Å². The van der Waals surface area contributed by atoms with Crippen molar-refractivity contribution in [1.82, 2.24) is 0 Å². The summed E-state index contributed by atoms with van der Waals surface area (Å²) in [5.74, 6) is 0. The van der Waals surface area contributed by atoms with Crippen molar-refractivity contribution >= 4 is 0 Å². The molecule has 0 aromatic heterocycles. The quantitative estimate of drug-likeness (QED) is 0.521. The van der Waals surface area contributed by atoms with Crippen LogP contribution in [-0.4, -0.2) is 6.61 Å². The van der Waals surface area contributed by atoms with Crippen LogP contribution in [0.4, 0.5) is 0 Å². The summed E-state index contributed by atoms with van der Waals surface area (Å²) in [4.78, 5) is 0. The van der Waals surface area contributed by atoms with Crippen LogP contribution >= 0.6 is 0 Å². The van der Waals surface area contributed by atoms with E-state index in [1.807, 2.05) is 20.1 Å². The molecule has 14 heavy (non-hydrogen) atoms. The van der Waals surface area contributed by atoms with Gasteiger partial charge in [0.2, 0.25) is 0 Å². The zero-order valence-electron chi connectivity index (χ0n) is 9.21. The van der Waals surface area contributed by atoms with Crippen LogP contribution in [0.3, 0.4) is 0 Å². The third-order valence-electron chi connectivity index (χ3n) is 2.07. The lowest BCUT2D eigenvalue weighted by molar-refractivity contribution is 0.250. The molecular formula is C13H18O. The van der Waals surface area contributed by atoms with Gasteiger partial charge >= 0.3 is 0 Å². The van der Waals surface area contributed by atoms with E-state index in [1.165, 1.54) is 16.7 Å². The summed E-state index contributed by atoms with van der Waals surface area (Å²) in [6.07, 6.45) is 2.80. The number of hydrogen-bond donors (Lipinski definition) is 0. The SMILES string of the molecule is CC(C)=COCCc1ccccc1C. The van der Waals surface area contributed by atoms with Crippen molar-refractivity contribution in [3.8, 4) is 0 Å². The van der Waals surface area contributed by atoms with Crippen LogP contribution < -0.4 is 0 Å². The van der Waals surface area contributed by atoms with Gasteiger partial charge in [-0.05, 0) is 37.5 Å². The second-order valence-corrected chi connectivity index (χ2v) is 3.74. The van der Waals surface area contributed by atoms with Crippen LogP contribution in [0.5, 0.6) is 0 Å². The number of aryl methyl sites for hydroxylation is 1. The van der Waals surface area contributed by atoms with E-state index in [0.29, 0.717) is 0 Å². The fraction of sp³-hybridized carbons (Fsp3) is 0.385. The topological polar surface area (TPSA) is 9.23 Å². The maximum absolute atomic E-state index is 5.39. The Morgan fingerprint density at radius 2 is 2.00 bits per heavy atom. The molecule has 0 saturated carbocycles. The van der Waals surface area contributed by atoms with Crippen molar-refractivity contribution in [2.75, 3.05) is 6.61 Å². The van der Waals surface area contributed by atoms with E-state index in [1.54, 1.807) is 0 Å². The minimum absolute atomic E-state index is 0.760. The second-order valence-electron chi connectivity index (χ2n) is 3.74. The molecule has 1 nitrogen and oxygen atoms in total. The van der Waals surface area contributed by atoms with Crippen LogP contribution in [0.2, 0.25) is 0 Å². The maximum atomic E-state index is 5.39. The van der Waals surface area contributed by atoms with Crippen LogP contribution in [-0.2, 0) is 11.2 Å². The van der Waals surface area contributed by atoms with Crippen molar-refractivity contribution in [3.05, 3.63) is 47.2 Å². The smallest absolute Gasteiger partial charge is 0.0913 e. The number of ether oxygens (including phenoxy) is 1. The summed E-state index contributed by atoms with van der Waals surface area (Å²) >= 11 is 0. The fourth-order valence-corrected chi connectivity index (χ4v) is 1.29. The van der Waals surface area contributed by atoms with Crippen molar-refractivity contribution < 1.29 is 4.74 Å². The molecule has 0 radical (unpaired) electrons. The highest BCUT2D eigenvalue weighted by Gasteiger charge is 1.95. The van der Waals surface area contributed by atoms with E-state index < -0.39 is 0 Å². The second kappa shape index (κ2) is 5.48. The minimum atomic E-state index is 0.760. The van der Waals surface area contributed by atoms with Gasteiger partial charge in [-0.15, -0.1) is 0 Å². The van der Waals surface area contributed by atoms with E-state index in [9.17, 15) is 0 Å². The predicted octanol–water partition coefficient (Wildman–Crippen LogP) is 3.48. The van der Waals surface area contributed by atoms with Gasteiger partial charge in [-0.25, -0.2) is 0 Å². The van der Waals surface area contributed by atoms with Gasteiger partial charge in [0.1, 0.15) is 0 Å². The van der Waals surface area contributed by atoms with Gasteiger partial charge in [-0.3, -0.25) is 0 Å². The molecule has 0 bridgehead atoms. The summed E-state index contributed by atoms with van der Waals surface area (Å²) in [6, 6.07) is 8.43. The van der Waals surface area contributed by atoms with Crippen LogP contribution in [0, 0.1) is 6.92 Å². The van der Waals surface area contributed by atoms with Gasteiger partial charge in [0.15, 0.2) is 0 Å². The molecule has 0 heterocycles. The van der Waals surface area contributed by atoms with Crippen molar-refractivity contribution in [2.24, 2.45) is 0 Å². The molecular weight excluding hydrogens is 172 g/mol. The number of hydrogen-bond acceptors (Lipinski definition) is 1. The lowest BCUT2D eigenvalue weighted by Crippen LogP contribution is -1.96. The number of allylic oxidation sites excluding steroid dienone is 1. The fourth-order valence-electron chi connectivity index (χ4n) is 1.29. The van der Waals surface area contributed by atoms with E-state index in [0.717, 1.165) is 13.0 Å². The molecule has 1 rings (SSSR count). The Hall–Kier alpha value is -1.24. The molecule has 0 N–H and O–H groups in total. The molecule has 76 valence electrons. The molecule has 1 heteroatoms. The first-order valence-corrected chi connectivity index (χ1v) is 4.99. The standard InChI is InChI=1S/C13H18O/c1-11(2)10-14-9-8-13-7-5-4-6-12(13)3/h4-7,10H,8-9H2,1-3H3. The van der Waals surface area contributed by atoms with Crippen molar-refractivity contribution in [2.45, 2.75) is 27.2 Å². The average Bonchev–Trinajstić information content (AvgIpc) is 2.15. The third-order valence-corrected chi connectivity index (χ3v) is 2.07. The molecule has 0 saturated heterocycles. The number of benzene rings is 1. The highest BCUT2D eigenvalue weighted by Crippen LogP contribution is 2.07. The molecule has 0 amide bonds. The first kappa shape index (κ1) is 10.8. The predicted molar refractivity (Wildman–Crippen MR) is 60.3 cm³/mol. The third kappa shape index (κ3) is 3.65. The average molecular weight is 190 g/mol. The summed E-state index contributed by atoms with van der Waals surface area (Å²) in [7, 11) is 0. The highest BCUT2D eigenvalue weighted by molar-refractivity contribution is 5.25. The monoisotopic (exact) mass is 190 g/mol. The number of rotatable bonds is 4. The zero-order valence-corrected chi connectivity index (χ0v) is 9.21. The largest absolute Gasteiger partial charge is 0.501 e. The van der Waals surface area contributed by atoms with Crippen molar-refractivity contribution in [3.63, 3.8) is 0 Å². The van der Waals surface area contributed by atoms with Gasteiger partial charge < -0.3 is 4.74 Å². The molecule has 1 aromatic carbocycles. The van der Waals surface area contributed by atoms with Gasteiger partial charge in [0, 0.05) is 6.42 Å². The molecule has 0 unspecified atom stereocenters. The molecule has 0 aliphatic heterocycles. The van der Waals surface area contributed by atoms with Gasteiger partial charge in [-0.1, -0.05) is 24.3 Å². The van der Waals surface area contributed by atoms with Crippen LogP contribution in [0.15, 0.2) is 36.1 Å². The van der Waals surface area contributed by atoms with Gasteiger partial charge in [-0.2, -0.15) is 0 Å². The van der Waals surface area contributed by atoms with Crippen molar-refractivity contribution in [1.29, 1.82) is 0 Å². The van der Waals surface area contributed by atoms with E-state index in [4.69, 9.17) is 4.74 Å². The molecule has 0 fully saturated rings. The van der Waals surface area contributed by atoms with E-state index >= 15 is 0 Å². The summed E-state index contributed by atoms with van der Waals surface area (Å²) in [6.45, 7) is 6.97. The normalized spacial score (nSPS) is 9.64. The van der Waals surface area contributed by atoms with Crippen LogP contribution in [0.25, 0.3) is 0 Å². The Kier molecular flexibility index (Phi) is 4.24. The first-order valence-electron chi connectivity index (χ1n) is 4.99. The van der Waals surface area contributed by atoms with Crippen LogP contribution in [0.1, 0.15) is 25.0 Å². The van der Waals surface area contributed by atoms with E-state index in [2.05, 4.69) is 31.2 Å². The Morgan fingerprint density at radius 1 is 1.29 bits per heavy atom. The Bertz CT molecular complexity index is 309. The summed E-state index contributed by atoms with van der Waals surface area (Å²) in [5.41, 5.74) is 3.91. The van der Waals surface area contributed by atoms with Gasteiger partial charge in [0.25, 0.3) is 0 Å². The lowest BCUT2D eigenvalue weighted by atomic mass is 10.1. The lowest BCUT2D eigenvalue weighted by Gasteiger charge is -2.05. The highest BCUT2D eigenvalue weighted by atomic mass is 16.5. The van der Waals surface area contributed by atoms with Gasteiger partial charge in [0.05, 0.1) is 12.9 Å². The molecule has 0 aliphatic carbocycles. The molecule has 0 aliphatic rings. The Labute approximate surface area is 86.4 Å². The Morgan fingerprint density at radius 3 is 2.64 bits per heavy atom. The molecule has 0 spiro atoms. The molecule has 1 aromatic rings. The summed E-state index contributed by atoms with van der Waals surface area (Å²) in [5, 5.41) is 0. The first-order chi connectivity index (χ1) is 6.70. The minimum Gasteiger partial charge on any atom is -0.501 e. The summed E-state index contributed by atoms with van der Waals surface area (Å²) < 4.78 is 5.39. The maximum Gasteiger partial charge on any atom is 0.0913 e. The zero-order chi connectivity index (χ0) is 10.4. The molecule has 0 atom stereocenters. The Balaban J connectivity index is 2.39.